The van der Waals surface area contributed by atoms with Gasteiger partial charge in [0.2, 0.25) is 0 Å². The van der Waals surface area contributed by atoms with Crippen LogP contribution in [0, 0.1) is 0 Å². The summed E-state index contributed by atoms with van der Waals surface area (Å²) in [5.74, 6) is 0. The van der Waals surface area contributed by atoms with Gasteiger partial charge in [0.15, 0.2) is 0 Å². The molecule has 200 valence electrons. The van der Waals surface area contributed by atoms with Crippen LogP contribution in [0.3, 0.4) is 0 Å². The van der Waals surface area contributed by atoms with Crippen LogP contribution in [-0.2, 0) is 0 Å². The maximum absolute atomic E-state index is 2.46. The van der Waals surface area contributed by atoms with Gasteiger partial charge in [-0.25, -0.2) is 0 Å². The molecule has 0 aliphatic rings. The first kappa shape index (κ1) is 24.0. The summed E-state index contributed by atoms with van der Waals surface area (Å²) in [6, 6.07) is 59.7. The van der Waals surface area contributed by atoms with Gasteiger partial charge < -0.3 is 4.40 Å². The number of para-hydroxylation sites is 1. The third-order valence-electron chi connectivity index (χ3n) is 8.92. The number of hydrogen-bond acceptors (Lipinski definition) is 0. The van der Waals surface area contributed by atoms with Gasteiger partial charge in [0.05, 0.1) is 16.6 Å². The van der Waals surface area contributed by atoms with Crippen LogP contribution in [0.25, 0.3) is 82.6 Å². The summed E-state index contributed by atoms with van der Waals surface area (Å²) in [5.41, 5.74) is 13.7. The zero-order chi connectivity index (χ0) is 28.3. The molecule has 7 aromatic carbocycles. The molecule has 43 heavy (non-hydrogen) atoms. The average molecular weight is 546 g/mol. The minimum Gasteiger partial charge on any atom is -0.308 e. The van der Waals surface area contributed by atoms with E-state index < -0.39 is 0 Å². The van der Waals surface area contributed by atoms with E-state index in [1.807, 2.05) is 0 Å². The fourth-order valence-electron chi connectivity index (χ4n) is 6.84. The summed E-state index contributed by atoms with van der Waals surface area (Å²) >= 11 is 0. The van der Waals surface area contributed by atoms with E-state index in [0.717, 1.165) is 0 Å². The van der Waals surface area contributed by atoms with Crippen LogP contribution in [0.15, 0.2) is 164 Å². The van der Waals surface area contributed by atoms with Crippen molar-refractivity contribution < 1.29 is 0 Å². The third kappa shape index (κ3) is 3.79. The molecule has 1 nitrogen and oxygen atoms in total. The van der Waals surface area contributed by atoms with Crippen LogP contribution in [0.1, 0.15) is 0 Å². The van der Waals surface area contributed by atoms with Crippen molar-refractivity contribution in [2.24, 2.45) is 0 Å². The van der Waals surface area contributed by atoms with Gasteiger partial charge in [-0.1, -0.05) is 127 Å². The molecule has 2 aromatic heterocycles. The molecular weight excluding hydrogens is 518 g/mol. The highest BCUT2D eigenvalue weighted by Crippen LogP contribution is 2.43. The van der Waals surface area contributed by atoms with E-state index in [1.54, 1.807) is 0 Å². The number of nitrogens with zero attached hydrogens (tertiary/aromatic N) is 1. The fourth-order valence-corrected chi connectivity index (χ4v) is 6.84. The van der Waals surface area contributed by atoms with Gasteiger partial charge in [0, 0.05) is 21.5 Å². The molecule has 0 spiro atoms. The van der Waals surface area contributed by atoms with Crippen molar-refractivity contribution in [1.82, 2.24) is 4.40 Å². The van der Waals surface area contributed by atoms with E-state index in [2.05, 4.69) is 168 Å². The molecule has 2 heterocycles. The Morgan fingerprint density at radius 3 is 1.42 bits per heavy atom. The van der Waals surface area contributed by atoms with Gasteiger partial charge in [-0.15, -0.1) is 0 Å². The molecule has 0 amide bonds. The molecule has 0 unspecified atom stereocenters. The highest BCUT2D eigenvalue weighted by atomic mass is 14.9. The Kier molecular flexibility index (Phi) is 5.27. The summed E-state index contributed by atoms with van der Waals surface area (Å²) in [6.45, 7) is 0. The quantitative estimate of drug-likeness (QED) is 0.207. The molecule has 0 aliphatic carbocycles. The molecular formula is C42H27N. The first-order valence-electron chi connectivity index (χ1n) is 14.9. The van der Waals surface area contributed by atoms with Crippen molar-refractivity contribution in [3.8, 4) is 44.5 Å². The number of hydrogen-bond donors (Lipinski definition) is 0. The minimum atomic E-state index is 1.23. The monoisotopic (exact) mass is 545 g/mol. The predicted molar refractivity (Wildman–Crippen MR) is 183 cm³/mol. The lowest BCUT2D eigenvalue weighted by molar-refractivity contribution is 1.37. The molecule has 0 aliphatic heterocycles. The van der Waals surface area contributed by atoms with E-state index in [-0.39, 0.29) is 0 Å². The third-order valence-corrected chi connectivity index (χ3v) is 8.92. The summed E-state index contributed by atoms with van der Waals surface area (Å²) < 4.78 is 2.46. The molecule has 0 bridgehead atoms. The summed E-state index contributed by atoms with van der Waals surface area (Å²) in [6.07, 6.45) is 0. The maximum atomic E-state index is 2.46. The molecule has 0 saturated carbocycles. The Labute approximate surface area is 250 Å². The van der Waals surface area contributed by atoms with Crippen LogP contribution in [0.2, 0.25) is 0 Å². The van der Waals surface area contributed by atoms with Gasteiger partial charge in [-0.2, -0.15) is 0 Å². The second-order valence-corrected chi connectivity index (χ2v) is 11.4. The van der Waals surface area contributed by atoms with Crippen LogP contribution < -0.4 is 0 Å². The van der Waals surface area contributed by atoms with Gasteiger partial charge in [0.25, 0.3) is 0 Å². The lowest BCUT2D eigenvalue weighted by atomic mass is 9.95. The zero-order valence-electron chi connectivity index (χ0n) is 23.5. The maximum Gasteiger partial charge on any atom is 0.0620 e. The zero-order valence-corrected chi connectivity index (χ0v) is 23.5. The van der Waals surface area contributed by atoms with Crippen molar-refractivity contribution in [3.05, 3.63) is 164 Å². The lowest BCUT2D eigenvalue weighted by Crippen LogP contribution is -1.83. The van der Waals surface area contributed by atoms with Gasteiger partial charge >= 0.3 is 0 Å². The van der Waals surface area contributed by atoms with Crippen molar-refractivity contribution in [1.29, 1.82) is 0 Å². The molecule has 0 N–H and O–H groups in total. The average Bonchev–Trinajstić information content (AvgIpc) is 3.60. The van der Waals surface area contributed by atoms with Gasteiger partial charge in [0.1, 0.15) is 0 Å². The molecule has 9 rings (SSSR count). The number of fused-ring (bicyclic) bond motifs is 6. The van der Waals surface area contributed by atoms with Crippen LogP contribution in [0.4, 0.5) is 0 Å². The normalized spacial score (nSPS) is 11.7. The first-order chi connectivity index (χ1) is 21.3. The molecule has 0 fully saturated rings. The van der Waals surface area contributed by atoms with Crippen molar-refractivity contribution in [2.45, 2.75) is 0 Å². The molecule has 0 saturated heterocycles. The van der Waals surface area contributed by atoms with Crippen LogP contribution in [-0.4, -0.2) is 4.40 Å². The van der Waals surface area contributed by atoms with E-state index in [9.17, 15) is 0 Å². The molecule has 9 aromatic rings. The summed E-state index contributed by atoms with van der Waals surface area (Å²) in [4.78, 5) is 0. The van der Waals surface area contributed by atoms with Crippen LogP contribution in [0.5, 0.6) is 0 Å². The summed E-state index contributed by atoms with van der Waals surface area (Å²) in [7, 11) is 0. The van der Waals surface area contributed by atoms with Crippen LogP contribution >= 0.6 is 0 Å². The Morgan fingerprint density at radius 2 is 0.698 bits per heavy atom. The van der Waals surface area contributed by atoms with E-state index >= 15 is 0 Å². The Morgan fingerprint density at radius 1 is 0.256 bits per heavy atom. The Bertz CT molecular complexity index is 2410. The molecule has 0 radical (unpaired) electrons. The van der Waals surface area contributed by atoms with E-state index in [0.29, 0.717) is 0 Å². The SMILES string of the molecule is c1ccc(-c2ccc(-c3cc4c5ccccc5n5c6ccc(-c7cccc(-c8ccccc8)c7)cc6c(c3)c45)cc2)cc1. The highest BCUT2D eigenvalue weighted by molar-refractivity contribution is 6.24. The topological polar surface area (TPSA) is 4.41 Å². The van der Waals surface area contributed by atoms with Gasteiger partial charge in [-0.3, -0.25) is 0 Å². The Balaban J connectivity index is 1.25. The Hall–Kier alpha value is -5.66. The second-order valence-electron chi connectivity index (χ2n) is 11.4. The first-order valence-corrected chi connectivity index (χ1v) is 14.9. The standard InChI is InChI=1S/C42H27N/c1-3-10-28(11-4-1)30-18-20-31(21-19-30)35-26-38-36-16-7-8-17-40(36)43-41-23-22-34(25-37(41)39(27-35)42(38)43)33-15-9-14-32(24-33)29-12-5-2-6-13-29/h1-27H. The molecule has 1 heteroatoms. The van der Waals surface area contributed by atoms with E-state index in [1.165, 1.54) is 82.6 Å². The van der Waals surface area contributed by atoms with Crippen molar-refractivity contribution >= 4 is 38.1 Å². The summed E-state index contributed by atoms with van der Waals surface area (Å²) in [5, 5.41) is 5.19. The number of rotatable bonds is 4. The van der Waals surface area contributed by atoms with Crippen molar-refractivity contribution in [2.75, 3.05) is 0 Å². The fraction of sp³-hybridized carbons (Fsp3) is 0. The highest BCUT2D eigenvalue weighted by Gasteiger charge is 2.19. The number of aromatic nitrogens is 1. The second kappa shape index (κ2) is 9.44. The van der Waals surface area contributed by atoms with Crippen molar-refractivity contribution in [3.63, 3.8) is 0 Å². The number of benzene rings is 7. The lowest BCUT2D eigenvalue weighted by Gasteiger charge is -2.08. The smallest absolute Gasteiger partial charge is 0.0620 e. The van der Waals surface area contributed by atoms with Gasteiger partial charge in [-0.05, 0) is 80.9 Å². The minimum absolute atomic E-state index is 1.23. The van der Waals surface area contributed by atoms with E-state index in [4.69, 9.17) is 0 Å². The molecule has 0 atom stereocenters. The largest absolute Gasteiger partial charge is 0.308 e. The predicted octanol–water partition coefficient (Wildman–Crippen LogP) is 11.5.